The average molecular weight is 633 g/mol. The second-order valence-electron chi connectivity index (χ2n) is 12.1. The summed E-state index contributed by atoms with van der Waals surface area (Å²) in [6.07, 6.45) is 1.59. The first kappa shape index (κ1) is 30.7. The van der Waals surface area contributed by atoms with Crippen molar-refractivity contribution in [3.63, 3.8) is 0 Å². The van der Waals surface area contributed by atoms with Crippen LogP contribution < -0.4 is 15.5 Å². The zero-order valence-corrected chi connectivity index (χ0v) is 25.2. The highest BCUT2D eigenvalue weighted by atomic mass is 19.4. The van der Waals surface area contributed by atoms with E-state index in [1.54, 1.807) is 41.6 Å². The molecule has 6 rings (SSSR count). The van der Waals surface area contributed by atoms with Crippen molar-refractivity contribution >= 4 is 35.1 Å². The van der Waals surface area contributed by atoms with E-state index >= 15 is 0 Å². The SMILES string of the molecule is CC(C)(C)OC(=O)N1C[C@@H]2C[C@H]1CN2c1cc(-c2cc(NC(=O)c3cccnc3)cc(Nc3cc(C(F)(F)F)ccn3)n2)ccn1. The van der Waals surface area contributed by atoms with Gasteiger partial charge in [0.2, 0.25) is 0 Å². The van der Waals surface area contributed by atoms with Crippen LogP contribution in [0.1, 0.15) is 43.1 Å². The molecular weight excluding hydrogens is 601 g/mol. The number of nitrogens with one attached hydrogen (secondary N) is 2. The Morgan fingerprint density at radius 2 is 1.74 bits per heavy atom. The van der Waals surface area contributed by atoms with Crippen molar-refractivity contribution < 1.29 is 27.5 Å². The second kappa shape index (κ2) is 11.9. The van der Waals surface area contributed by atoms with Gasteiger partial charge in [0.05, 0.1) is 28.9 Å². The monoisotopic (exact) mass is 632 g/mol. The number of amides is 2. The van der Waals surface area contributed by atoms with Crippen LogP contribution in [0.25, 0.3) is 11.3 Å². The minimum atomic E-state index is -4.55. The summed E-state index contributed by atoms with van der Waals surface area (Å²) in [7, 11) is 0. The molecule has 0 saturated carbocycles. The van der Waals surface area contributed by atoms with E-state index in [0.717, 1.165) is 24.8 Å². The molecule has 2 fully saturated rings. The van der Waals surface area contributed by atoms with E-state index in [9.17, 15) is 22.8 Å². The summed E-state index contributed by atoms with van der Waals surface area (Å²) >= 11 is 0. The fourth-order valence-corrected chi connectivity index (χ4v) is 5.55. The van der Waals surface area contributed by atoms with Gasteiger partial charge in [0, 0.05) is 55.2 Å². The van der Waals surface area contributed by atoms with Crippen LogP contribution in [0.15, 0.2) is 73.3 Å². The second-order valence-corrected chi connectivity index (χ2v) is 12.1. The predicted octanol–water partition coefficient (Wildman–Crippen LogP) is 6.15. The lowest BCUT2D eigenvalue weighted by Crippen LogP contribution is -2.50. The Kier molecular flexibility index (Phi) is 7.96. The molecule has 2 aliphatic heterocycles. The number of hydrogen-bond acceptors (Lipinski definition) is 9. The molecule has 0 aromatic carbocycles. The molecule has 6 heterocycles. The quantitative estimate of drug-likeness (QED) is 0.258. The van der Waals surface area contributed by atoms with Crippen LogP contribution in [0.3, 0.4) is 0 Å². The van der Waals surface area contributed by atoms with Gasteiger partial charge in [-0.1, -0.05) is 0 Å². The predicted molar refractivity (Wildman–Crippen MR) is 165 cm³/mol. The molecule has 0 unspecified atom stereocenters. The number of piperazine rings is 1. The lowest BCUT2D eigenvalue weighted by molar-refractivity contribution is -0.137. The molecule has 2 atom stereocenters. The Labute approximate surface area is 262 Å². The fourth-order valence-electron chi connectivity index (χ4n) is 5.55. The number of anilines is 4. The normalized spacial score (nSPS) is 17.6. The van der Waals surface area contributed by atoms with E-state index in [-0.39, 0.29) is 29.8 Å². The Morgan fingerprint density at radius 3 is 2.43 bits per heavy atom. The molecule has 14 heteroatoms. The number of alkyl halides is 3. The van der Waals surface area contributed by atoms with Crippen molar-refractivity contribution in [2.45, 2.75) is 51.1 Å². The molecule has 2 saturated heterocycles. The standard InChI is InChI=1S/C32H31F3N8O3/c1-31(2,3)46-30(45)43-18-23-15-24(43)17-42(23)28-11-19(6-9-38-28)25-13-22(39-29(44)20-5-4-8-36-16-20)14-27(40-25)41-26-12-21(7-10-37-26)32(33,34)35/h4-14,16,23-24H,15,17-18H2,1-3H3,(H2,37,39,40,41,44)/t23-,24-/m0/s1. The van der Waals surface area contributed by atoms with Crippen molar-refractivity contribution in [1.82, 2.24) is 24.8 Å². The first-order valence-corrected chi connectivity index (χ1v) is 14.6. The van der Waals surface area contributed by atoms with Gasteiger partial charge in [-0.3, -0.25) is 9.78 Å². The zero-order chi connectivity index (χ0) is 32.6. The van der Waals surface area contributed by atoms with E-state index in [1.165, 1.54) is 12.3 Å². The molecule has 2 N–H and O–H groups in total. The number of likely N-dealkylation sites (tertiary alicyclic amines) is 1. The molecule has 46 heavy (non-hydrogen) atoms. The molecule has 0 aliphatic carbocycles. The Bertz CT molecular complexity index is 1760. The molecule has 0 spiro atoms. The Balaban J connectivity index is 1.28. The summed E-state index contributed by atoms with van der Waals surface area (Å²) in [5.74, 6) is 0.361. The van der Waals surface area contributed by atoms with E-state index in [0.29, 0.717) is 41.4 Å². The Morgan fingerprint density at radius 1 is 0.935 bits per heavy atom. The molecule has 4 aromatic rings. The van der Waals surface area contributed by atoms with Crippen LogP contribution in [0, 0.1) is 0 Å². The molecule has 4 aromatic heterocycles. The van der Waals surface area contributed by atoms with Crippen LogP contribution in [-0.2, 0) is 10.9 Å². The average Bonchev–Trinajstić information content (AvgIpc) is 3.62. The first-order chi connectivity index (χ1) is 21.8. The molecule has 2 aliphatic rings. The highest BCUT2D eigenvalue weighted by molar-refractivity contribution is 6.04. The van der Waals surface area contributed by atoms with Crippen LogP contribution in [0.4, 0.5) is 41.1 Å². The van der Waals surface area contributed by atoms with Gasteiger partial charge in [-0.2, -0.15) is 13.2 Å². The third-order valence-electron chi connectivity index (χ3n) is 7.55. The topological polar surface area (TPSA) is 125 Å². The third kappa shape index (κ3) is 6.85. The van der Waals surface area contributed by atoms with Crippen molar-refractivity contribution in [2.75, 3.05) is 28.6 Å². The summed E-state index contributed by atoms with van der Waals surface area (Å²) in [4.78, 5) is 46.8. The number of aromatic nitrogens is 4. The minimum Gasteiger partial charge on any atom is -0.444 e. The van der Waals surface area contributed by atoms with Crippen LogP contribution in [0.5, 0.6) is 0 Å². The molecule has 2 bridgehead atoms. The molecule has 11 nitrogen and oxygen atoms in total. The van der Waals surface area contributed by atoms with Crippen molar-refractivity contribution in [3.8, 4) is 11.3 Å². The minimum absolute atomic E-state index is 0.00906. The number of fused-ring (bicyclic) bond motifs is 2. The van der Waals surface area contributed by atoms with Gasteiger partial charge in [-0.25, -0.2) is 19.7 Å². The van der Waals surface area contributed by atoms with Gasteiger partial charge in [-0.15, -0.1) is 0 Å². The zero-order valence-electron chi connectivity index (χ0n) is 25.2. The molecule has 238 valence electrons. The molecule has 2 amide bonds. The third-order valence-corrected chi connectivity index (χ3v) is 7.55. The van der Waals surface area contributed by atoms with Gasteiger partial charge < -0.3 is 25.2 Å². The van der Waals surface area contributed by atoms with Crippen LogP contribution in [0.2, 0.25) is 0 Å². The van der Waals surface area contributed by atoms with E-state index in [1.807, 2.05) is 26.8 Å². The lowest BCUT2D eigenvalue weighted by atomic mass is 10.1. The van der Waals surface area contributed by atoms with Gasteiger partial charge in [0.1, 0.15) is 23.1 Å². The highest BCUT2D eigenvalue weighted by Crippen LogP contribution is 2.36. The number of halogens is 3. The van der Waals surface area contributed by atoms with Crippen molar-refractivity contribution in [1.29, 1.82) is 0 Å². The van der Waals surface area contributed by atoms with Gasteiger partial charge in [0.25, 0.3) is 5.91 Å². The van der Waals surface area contributed by atoms with E-state index < -0.39 is 23.2 Å². The van der Waals surface area contributed by atoms with E-state index in [4.69, 9.17) is 4.74 Å². The number of ether oxygens (including phenoxy) is 1. The number of pyridine rings is 4. The summed E-state index contributed by atoms with van der Waals surface area (Å²) < 4.78 is 45.6. The molecule has 0 radical (unpaired) electrons. The number of carbonyl (C=O) groups excluding carboxylic acids is 2. The van der Waals surface area contributed by atoms with Gasteiger partial charge in [0.15, 0.2) is 0 Å². The van der Waals surface area contributed by atoms with Gasteiger partial charge >= 0.3 is 12.3 Å². The van der Waals surface area contributed by atoms with E-state index in [2.05, 4.69) is 35.5 Å². The number of carbonyl (C=O) groups is 2. The van der Waals surface area contributed by atoms with Crippen molar-refractivity contribution in [3.05, 3.63) is 84.4 Å². The Hall–Kier alpha value is -5.27. The maximum absolute atomic E-state index is 13.3. The maximum Gasteiger partial charge on any atom is 0.416 e. The van der Waals surface area contributed by atoms with Gasteiger partial charge in [-0.05, 0) is 69.7 Å². The van der Waals surface area contributed by atoms with Crippen LogP contribution >= 0.6 is 0 Å². The summed E-state index contributed by atoms with van der Waals surface area (Å²) in [5, 5.41) is 5.66. The lowest BCUT2D eigenvalue weighted by Gasteiger charge is -2.35. The summed E-state index contributed by atoms with van der Waals surface area (Å²) in [6, 6.07) is 11.8. The number of rotatable bonds is 6. The number of nitrogens with zero attached hydrogens (tertiary/aromatic N) is 6. The highest BCUT2D eigenvalue weighted by Gasteiger charge is 2.47. The maximum atomic E-state index is 13.3. The first-order valence-electron chi connectivity index (χ1n) is 14.6. The van der Waals surface area contributed by atoms with Crippen LogP contribution in [-0.4, -0.2) is 67.6 Å². The molecular formula is C32H31F3N8O3. The fraction of sp³-hybridized carbons (Fsp3) is 0.312. The summed E-state index contributed by atoms with van der Waals surface area (Å²) in [5.41, 5.74) is 0.315. The smallest absolute Gasteiger partial charge is 0.416 e. The van der Waals surface area contributed by atoms with Crippen molar-refractivity contribution in [2.24, 2.45) is 0 Å². The largest absolute Gasteiger partial charge is 0.444 e. The number of hydrogen-bond donors (Lipinski definition) is 2. The summed E-state index contributed by atoms with van der Waals surface area (Å²) in [6.45, 7) is 6.61.